The van der Waals surface area contributed by atoms with Crippen molar-refractivity contribution in [2.45, 2.75) is 6.54 Å². The summed E-state index contributed by atoms with van der Waals surface area (Å²) >= 11 is 0. The van der Waals surface area contributed by atoms with Gasteiger partial charge in [-0.15, -0.1) is 0 Å². The first-order chi connectivity index (χ1) is 15.0. The molecule has 0 spiro atoms. The minimum absolute atomic E-state index is 0.0964. The molecular formula is C22H18N4O5. The van der Waals surface area contributed by atoms with E-state index in [1.807, 2.05) is 12.1 Å². The Morgan fingerprint density at radius 1 is 1.16 bits per heavy atom. The van der Waals surface area contributed by atoms with E-state index in [4.69, 9.17) is 9.15 Å². The van der Waals surface area contributed by atoms with Crippen LogP contribution in [0.1, 0.15) is 16.2 Å². The van der Waals surface area contributed by atoms with Crippen LogP contribution in [0, 0.1) is 10.1 Å². The molecule has 2 heterocycles. The normalized spacial score (nSPS) is 10.6. The molecule has 2 aromatic heterocycles. The number of nitro benzene ring substituents is 1. The van der Waals surface area contributed by atoms with Gasteiger partial charge in [0.05, 0.1) is 36.2 Å². The number of non-ortho nitro benzene ring substituents is 1. The van der Waals surface area contributed by atoms with E-state index >= 15 is 0 Å². The van der Waals surface area contributed by atoms with Crippen LogP contribution in [0.2, 0.25) is 0 Å². The molecule has 9 nitrogen and oxygen atoms in total. The van der Waals surface area contributed by atoms with E-state index in [0.29, 0.717) is 22.9 Å². The zero-order valence-corrected chi connectivity index (χ0v) is 16.5. The molecule has 0 saturated carbocycles. The van der Waals surface area contributed by atoms with Crippen molar-refractivity contribution >= 4 is 11.6 Å². The number of hydrogen-bond donors (Lipinski definition) is 1. The first-order valence-corrected chi connectivity index (χ1v) is 9.35. The average Bonchev–Trinajstić information content (AvgIpc) is 3.48. The molecule has 4 aromatic rings. The smallest absolute Gasteiger partial charge is 0.271 e. The summed E-state index contributed by atoms with van der Waals surface area (Å²) in [5, 5.41) is 18.5. The highest BCUT2D eigenvalue weighted by Crippen LogP contribution is 2.25. The second-order valence-electron chi connectivity index (χ2n) is 6.59. The van der Waals surface area contributed by atoms with Crippen molar-refractivity contribution in [3.8, 4) is 22.7 Å². The molecule has 1 amide bonds. The van der Waals surface area contributed by atoms with E-state index < -0.39 is 10.8 Å². The molecule has 0 aliphatic heterocycles. The summed E-state index contributed by atoms with van der Waals surface area (Å²) in [5.41, 5.74) is 1.85. The van der Waals surface area contributed by atoms with Gasteiger partial charge in [0.1, 0.15) is 17.2 Å². The molecule has 31 heavy (non-hydrogen) atoms. The van der Waals surface area contributed by atoms with Crippen LogP contribution in [0.4, 0.5) is 5.69 Å². The zero-order valence-electron chi connectivity index (χ0n) is 16.5. The summed E-state index contributed by atoms with van der Waals surface area (Å²) in [7, 11) is 1.58. The molecule has 156 valence electrons. The number of furan rings is 1. The van der Waals surface area contributed by atoms with Crippen LogP contribution in [0.5, 0.6) is 5.75 Å². The highest BCUT2D eigenvalue weighted by molar-refractivity contribution is 5.94. The lowest BCUT2D eigenvalue weighted by atomic mass is 10.1. The fourth-order valence-electron chi connectivity index (χ4n) is 3.05. The van der Waals surface area contributed by atoms with Crippen LogP contribution in [0.3, 0.4) is 0 Å². The SMILES string of the molecule is COc1ccc(-c2cc(C(=O)NCc3ccco3)n(-c3cccc([N+](=O)[O-])c3)n2)cc1. The third-order valence-electron chi connectivity index (χ3n) is 4.62. The molecule has 4 rings (SSSR count). The second-order valence-corrected chi connectivity index (χ2v) is 6.59. The van der Waals surface area contributed by atoms with Crippen molar-refractivity contribution in [3.63, 3.8) is 0 Å². The van der Waals surface area contributed by atoms with Crippen molar-refractivity contribution < 1.29 is 18.9 Å². The van der Waals surface area contributed by atoms with Crippen molar-refractivity contribution in [1.82, 2.24) is 15.1 Å². The fraction of sp³-hybridized carbons (Fsp3) is 0.0909. The fourth-order valence-corrected chi connectivity index (χ4v) is 3.05. The molecular weight excluding hydrogens is 400 g/mol. The van der Waals surface area contributed by atoms with Crippen LogP contribution >= 0.6 is 0 Å². The number of nitro groups is 1. The maximum absolute atomic E-state index is 12.9. The summed E-state index contributed by atoms with van der Waals surface area (Å²) in [6.45, 7) is 0.198. The number of nitrogens with zero attached hydrogens (tertiary/aromatic N) is 3. The van der Waals surface area contributed by atoms with Gasteiger partial charge in [0.15, 0.2) is 0 Å². The molecule has 0 bridgehead atoms. The third-order valence-corrected chi connectivity index (χ3v) is 4.62. The minimum Gasteiger partial charge on any atom is -0.497 e. The van der Waals surface area contributed by atoms with Crippen LogP contribution in [-0.4, -0.2) is 27.7 Å². The summed E-state index contributed by atoms with van der Waals surface area (Å²) in [4.78, 5) is 23.6. The van der Waals surface area contributed by atoms with Crippen LogP contribution < -0.4 is 10.1 Å². The monoisotopic (exact) mass is 418 g/mol. The molecule has 0 aliphatic rings. The Bertz CT molecular complexity index is 1210. The first-order valence-electron chi connectivity index (χ1n) is 9.35. The highest BCUT2D eigenvalue weighted by atomic mass is 16.6. The van der Waals surface area contributed by atoms with Gasteiger partial charge >= 0.3 is 0 Å². The molecule has 0 fully saturated rings. The molecule has 0 saturated heterocycles. The Hall–Kier alpha value is -4.40. The van der Waals surface area contributed by atoms with Crippen molar-refractivity contribution in [2.24, 2.45) is 0 Å². The highest BCUT2D eigenvalue weighted by Gasteiger charge is 2.19. The number of carbonyl (C=O) groups is 1. The molecule has 1 N–H and O–H groups in total. The third kappa shape index (κ3) is 4.30. The maximum atomic E-state index is 12.9. The number of methoxy groups -OCH3 is 1. The van der Waals surface area contributed by atoms with Gasteiger partial charge in [-0.3, -0.25) is 14.9 Å². The molecule has 0 radical (unpaired) electrons. The summed E-state index contributed by atoms with van der Waals surface area (Å²) < 4.78 is 11.8. The van der Waals surface area contributed by atoms with E-state index in [0.717, 1.165) is 5.56 Å². The summed E-state index contributed by atoms with van der Waals surface area (Å²) in [5.74, 6) is 0.901. The Balaban J connectivity index is 1.73. The van der Waals surface area contributed by atoms with Crippen molar-refractivity contribution in [1.29, 1.82) is 0 Å². The number of amides is 1. The second kappa shape index (κ2) is 8.54. The van der Waals surface area contributed by atoms with Gasteiger partial charge in [-0.05, 0) is 48.5 Å². The van der Waals surface area contributed by atoms with Gasteiger partial charge in [-0.2, -0.15) is 5.10 Å². The lowest BCUT2D eigenvalue weighted by molar-refractivity contribution is -0.384. The number of rotatable bonds is 7. The van der Waals surface area contributed by atoms with Crippen LogP contribution in [0.15, 0.2) is 77.4 Å². The molecule has 9 heteroatoms. The Labute approximate surface area is 177 Å². The Morgan fingerprint density at radius 2 is 1.97 bits per heavy atom. The first kappa shape index (κ1) is 19.9. The molecule has 2 aromatic carbocycles. The van der Waals surface area contributed by atoms with Crippen molar-refractivity contribution in [3.05, 3.63) is 94.6 Å². The molecule has 0 atom stereocenters. The zero-order chi connectivity index (χ0) is 21.8. The number of aromatic nitrogens is 2. The number of nitrogens with one attached hydrogen (secondary N) is 1. The van der Waals surface area contributed by atoms with Crippen molar-refractivity contribution in [2.75, 3.05) is 7.11 Å². The van der Waals surface area contributed by atoms with E-state index in [1.54, 1.807) is 49.6 Å². The minimum atomic E-state index is -0.492. The summed E-state index contributed by atoms with van der Waals surface area (Å²) in [6, 6.07) is 18.3. The molecule has 0 unspecified atom stereocenters. The average molecular weight is 418 g/mol. The predicted octanol–water partition coefficient (Wildman–Crippen LogP) is 3.98. The topological polar surface area (TPSA) is 112 Å². The van der Waals surface area contributed by atoms with Gasteiger partial charge in [-0.1, -0.05) is 6.07 Å². The van der Waals surface area contributed by atoms with Crippen LogP contribution in [0.25, 0.3) is 16.9 Å². The quantitative estimate of drug-likeness (QED) is 0.359. The lowest BCUT2D eigenvalue weighted by Gasteiger charge is -2.07. The molecule has 0 aliphatic carbocycles. The van der Waals surface area contributed by atoms with E-state index in [2.05, 4.69) is 10.4 Å². The van der Waals surface area contributed by atoms with E-state index in [-0.39, 0.29) is 17.9 Å². The standard InChI is InChI=1S/C22H18N4O5/c1-30-18-9-7-15(8-10-18)20-13-21(22(27)23-14-19-6-3-11-31-19)25(24-20)16-4-2-5-17(12-16)26(28)29/h2-13H,14H2,1H3,(H,23,27). The van der Waals surface area contributed by atoms with Gasteiger partial charge in [0.25, 0.3) is 11.6 Å². The number of benzene rings is 2. The van der Waals surface area contributed by atoms with Gasteiger partial charge in [-0.25, -0.2) is 4.68 Å². The van der Waals surface area contributed by atoms with Gasteiger partial charge < -0.3 is 14.5 Å². The number of hydrogen-bond acceptors (Lipinski definition) is 6. The van der Waals surface area contributed by atoms with Gasteiger partial charge in [0.2, 0.25) is 0 Å². The largest absolute Gasteiger partial charge is 0.497 e. The summed E-state index contributed by atoms with van der Waals surface area (Å²) in [6.07, 6.45) is 1.52. The number of carbonyl (C=O) groups excluding carboxylic acids is 1. The Morgan fingerprint density at radius 3 is 2.65 bits per heavy atom. The van der Waals surface area contributed by atoms with Gasteiger partial charge in [0, 0.05) is 17.7 Å². The number of ether oxygens (including phenoxy) is 1. The maximum Gasteiger partial charge on any atom is 0.271 e. The predicted molar refractivity (Wildman–Crippen MR) is 112 cm³/mol. The lowest BCUT2D eigenvalue weighted by Crippen LogP contribution is -2.25. The Kier molecular flexibility index (Phi) is 5.48. The van der Waals surface area contributed by atoms with E-state index in [9.17, 15) is 14.9 Å². The van der Waals surface area contributed by atoms with E-state index in [1.165, 1.54) is 23.1 Å². The van der Waals surface area contributed by atoms with Crippen LogP contribution in [-0.2, 0) is 6.54 Å².